The van der Waals surface area contributed by atoms with Crippen LogP contribution in [0, 0.1) is 55.4 Å². The highest BCUT2D eigenvalue weighted by atomic mass is 79.9. The Morgan fingerprint density at radius 2 is 0.763 bits per heavy atom. The van der Waals surface area contributed by atoms with Crippen LogP contribution < -0.4 is 30.0 Å². The number of aromatic hydroxyl groups is 1. The molecule has 0 aromatic heterocycles. The van der Waals surface area contributed by atoms with Gasteiger partial charge in [0.25, 0.3) is 29.1 Å². The van der Waals surface area contributed by atoms with Gasteiger partial charge in [-0.3, -0.25) is 9.44 Å². The molecule has 0 fully saturated rings. The Bertz CT molecular complexity index is 5560. The summed E-state index contributed by atoms with van der Waals surface area (Å²) in [4.78, 5) is 0.528. The Morgan fingerprint density at radius 3 is 1.18 bits per heavy atom. The Hall–Kier alpha value is -6.51. The average Bonchev–Trinajstić information content (AvgIpc) is 0.787. The second-order valence-corrected chi connectivity index (χ2v) is 40.5. The molecule has 0 radical (unpaired) electrons. The van der Waals surface area contributed by atoms with Gasteiger partial charge in [0.15, 0.2) is 0 Å². The summed E-state index contributed by atoms with van der Waals surface area (Å²) >= 11 is 22.0. The number of hydrogen-bond donors (Lipinski definition) is 5. The minimum absolute atomic E-state index is 0. The second-order valence-electron chi connectivity index (χ2n) is 29.4. The predicted octanol–water partition coefficient (Wildman–Crippen LogP) is 24.9. The highest BCUT2D eigenvalue weighted by molar-refractivity contribution is 9.11. The van der Waals surface area contributed by atoms with Crippen molar-refractivity contribution in [2.75, 3.05) is 21.7 Å². The number of nitrogens with two attached hydrogens (primary N) is 1. The smallest absolute Gasteiger partial charge is 0.262 e. The van der Waals surface area contributed by atoms with Gasteiger partial charge in [-0.2, -0.15) is 0 Å². The van der Waals surface area contributed by atoms with Crippen molar-refractivity contribution in [2.45, 2.75) is 165 Å². The predicted molar refractivity (Wildman–Crippen MR) is 489 cm³/mol. The molecule has 3 atom stereocenters. The summed E-state index contributed by atoms with van der Waals surface area (Å²) in [7, 11) is -6.08. The third-order valence-corrected chi connectivity index (χ3v) is 29.8. The summed E-state index contributed by atoms with van der Waals surface area (Å²) in [6.07, 6.45) is 9.96. The van der Waals surface area contributed by atoms with Crippen LogP contribution in [0.4, 0.5) is 17.1 Å². The molecule has 0 bridgehead atoms. The molecule has 0 saturated carbocycles. The summed E-state index contributed by atoms with van der Waals surface area (Å²) in [5, 5.41) is 14.1. The van der Waals surface area contributed by atoms with Gasteiger partial charge in [0.1, 0.15) is 30.5 Å². The monoisotopic (exact) mass is 2010 g/mol. The molecule has 0 saturated heterocycles. The van der Waals surface area contributed by atoms with Gasteiger partial charge in [0, 0.05) is 43.6 Å². The molecular formula is C90H92Br6Cl2N4O9S3. The number of nitrogen functional groups attached to an aromatic ring is 1. The lowest BCUT2D eigenvalue weighted by atomic mass is 9.79. The van der Waals surface area contributed by atoms with Crippen LogP contribution in [-0.2, 0) is 80.8 Å². The molecule has 114 heavy (non-hydrogen) atoms. The van der Waals surface area contributed by atoms with Crippen LogP contribution in [0.25, 0.3) is 0 Å². The van der Waals surface area contributed by atoms with Gasteiger partial charge < -0.3 is 25.6 Å². The number of nitrogens with one attached hydrogen (secondary N) is 3. The maximum absolute atomic E-state index is 13.4. The maximum atomic E-state index is 13.4. The fourth-order valence-electron chi connectivity index (χ4n) is 14.1. The van der Waals surface area contributed by atoms with Crippen molar-refractivity contribution in [3.8, 4) is 17.2 Å². The van der Waals surface area contributed by atoms with Crippen molar-refractivity contribution in [1.82, 2.24) is 5.32 Å². The molecule has 11 aromatic rings. The van der Waals surface area contributed by atoms with Gasteiger partial charge in [0.2, 0.25) is 0 Å². The van der Waals surface area contributed by atoms with E-state index in [1.165, 1.54) is 80.6 Å². The van der Waals surface area contributed by atoms with Crippen LogP contribution in [0.15, 0.2) is 236 Å². The number of anilines is 3. The van der Waals surface area contributed by atoms with E-state index in [0.29, 0.717) is 30.6 Å². The van der Waals surface area contributed by atoms with E-state index in [0.717, 1.165) is 146 Å². The van der Waals surface area contributed by atoms with Crippen molar-refractivity contribution in [3.63, 3.8) is 0 Å². The van der Waals surface area contributed by atoms with Crippen LogP contribution in [0.1, 0.15) is 149 Å². The molecule has 1 heterocycles. The van der Waals surface area contributed by atoms with Crippen LogP contribution in [0.2, 0.25) is 0 Å². The number of rotatable bonds is 19. The van der Waals surface area contributed by atoms with Crippen molar-refractivity contribution < 1.29 is 39.8 Å². The van der Waals surface area contributed by atoms with Crippen molar-refractivity contribution >= 4 is 165 Å². The number of benzene rings is 11. The van der Waals surface area contributed by atoms with Crippen LogP contribution in [0.5, 0.6) is 17.2 Å². The first kappa shape index (κ1) is 89.8. The molecule has 11 aromatic carbocycles. The molecule has 600 valence electrons. The van der Waals surface area contributed by atoms with Gasteiger partial charge >= 0.3 is 0 Å². The van der Waals surface area contributed by atoms with E-state index in [1.807, 2.05) is 64.1 Å². The zero-order valence-electron chi connectivity index (χ0n) is 64.5. The topological polar surface area (TPSA) is 203 Å². The molecule has 2 aliphatic carbocycles. The largest absolute Gasteiger partial charge is 0.506 e. The summed E-state index contributed by atoms with van der Waals surface area (Å²) in [5.74, 6) is 2.05. The molecule has 13 nitrogen and oxygen atoms in total. The molecule has 1 aliphatic heterocycles. The maximum Gasteiger partial charge on any atom is 0.262 e. The van der Waals surface area contributed by atoms with Crippen LogP contribution >= 0.6 is 119 Å². The number of sulfonamides is 2. The van der Waals surface area contributed by atoms with Crippen molar-refractivity contribution in [2.24, 2.45) is 0 Å². The van der Waals surface area contributed by atoms with E-state index in [-0.39, 0.29) is 50.5 Å². The molecule has 6 N–H and O–H groups in total. The minimum Gasteiger partial charge on any atom is -0.506 e. The quantitative estimate of drug-likeness (QED) is 0.0293. The highest BCUT2D eigenvalue weighted by Gasteiger charge is 2.29. The normalized spacial score (nSPS) is 15.0. The third kappa shape index (κ3) is 23.9. The van der Waals surface area contributed by atoms with Gasteiger partial charge in [-0.15, -0.1) is 12.4 Å². The molecule has 14 rings (SSSR count). The van der Waals surface area contributed by atoms with E-state index in [2.05, 4.69) is 223 Å². The average molecular weight is 2020 g/mol. The number of aryl methyl sites for hydroxylation is 7. The third-order valence-electron chi connectivity index (χ3n) is 20.7. The Balaban J connectivity index is 0.000000170. The van der Waals surface area contributed by atoms with Crippen LogP contribution in [0.3, 0.4) is 0 Å². The Morgan fingerprint density at radius 1 is 0.421 bits per heavy atom. The lowest BCUT2D eigenvalue weighted by molar-refractivity contribution is 0.307. The summed E-state index contributed by atoms with van der Waals surface area (Å²) in [5.41, 5.74) is 29.9. The van der Waals surface area contributed by atoms with Gasteiger partial charge in [-0.25, -0.2) is 25.3 Å². The van der Waals surface area contributed by atoms with Crippen molar-refractivity contribution in [3.05, 3.63) is 327 Å². The van der Waals surface area contributed by atoms with Gasteiger partial charge in [-0.1, -0.05) is 208 Å². The molecular weight excluding hydrogens is 1930 g/mol. The van der Waals surface area contributed by atoms with Gasteiger partial charge in [-0.05, 0) is 325 Å². The summed E-state index contributed by atoms with van der Waals surface area (Å²) < 4.78 is 98.4. The Kier molecular flexibility index (Phi) is 31.4. The summed E-state index contributed by atoms with van der Waals surface area (Å²) in [6, 6.07) is 61.4. The second kappa shape index (κ2) is 39.8. The first-order chi connectivity index (χ1) is 53.6. The number of phenolic OH excluding ortho intramolecular Hbond substituents is 1. The SMILES string of the molecule is Cc1ccc(COc2cc3c(cc2N)C(Cc2cc(Br)c(C)c(Br)c2)CCC3)cc1.Cc1ccc(COc2cc3c(cc2NS(=O)(=O)c2ccc(C)cc2)C(Cc2cc(Br)c(C)c(Br)c2)CCC3)cc1.Cc1ccc(S(=O)(=O)Cl)cc1.Cc1ccc(S(=O)(=O)Nc2cc3c(cc2O)CCNC3Cc2cc(Br)c(C)c(Br)c2)cc1.Cl. The van der Waals surface area contributed by atoms with E-state index >= 15 is 0 Å². The lowest BCUT2D eigenvalue weighted by Gasteiger charge is -2.28. The molecule has 0 spiro atoms. The number of fused-ring (bicyclic) bond motifs is 3. The zero-order chi connectivity index (χ0) is 81.2. The lowest BCUT2D eigenvalue weighted by Crippen LogP contribution is -2.31. The van der Waals surface area contributed by atoms with Gasteiger partial charge in [0.05, 0.1) is 31.7 Å². The van der Waals surface area contributed by atoms with Crippen molar-refractivity contribution in [1.29, 1.82) is 0 Å². The molecule has 24 heteroatoms. The molecule has 3 aliphatic rings. The fraction of sp³-hybridized carbons (Fsp3) is 0.267. The standard InChI is InChI=1S/C33H33Br2NO3S.C26H27Br2NO.C24H24Br2N2O3S.C7H7ClO2S.ClH/c1-21-7-11-24(12-8-21)20-39-33-18-27-6-4-5-26(15-25-16-30(34)23(3)31(35)17-25)29(27)19-32(33)36-40(37,38)28-13-9-22(2)10-14-28;1-16-6-8-18(9-7-16)15-30-26-13-21-5-3-4-20(22(21)14-25(26)29)10-19-11-23(27)17(2)24(28)12-19;1-14-3-5-18(6-4-14)32(30,31)28-23-13-19-17(12-24(23)29)7-8-27-22(19)11-16-9-20(25)15(2)21(26)10-16;1-6-2-4-7(5-3-6)11(8,9)10;/h7-14,16-19,26,36H,4-6,15,20H2,1-3H3;6-9,11-14,20H,3-5,10,15,29H2,1-2H3;3-6,9-10,12-13,22,27-29H,7-8,11H2,1-2H3;2-5H,1H3;1H. The fourth-order valence-corrected chi connectivity index (χ4v) is 20.8. The van der Waals surface area contributed by atoms with E-state index in [9.17, 15) is 30.4 Å². The summed E-state index contributed by atoms with van der Waals surface area (Å²) in [6.45, 7) is 17.8. The van der Waals surface area contributed by atoms with E-state index in [1.54, 1.807) is 60.7 Å². The molecule has 3 unspecified atom stereocenters. The zero-order valence-corrected chi connectivity index (χ0v) is 78.0. The first-order valence-corrected chi connectivity index (χ1v) is 47.3. The number of phenols is 1. The van der Waals surface area contributed by atoms with Crippen LogP contribution in [-0.4, -0.2) is 36.9 Å². The number of hydrogen-bond acceptors (Lipinski definition) is 11. The minimum atomic E-state index is -3.81. The highest BCUT2D eigenvalue weighted by Crippen LogP contribution is 2.44. The molecule has 0 amide bonds. The Labute approximate surface area is 733 Å². The van der Waals surface area contributed by atoms with E-state index in [4.69, 9.17) is 25.9 Å². The number of ether oxygens (including phenoxy) is 2. The number of halogens is 8. The first-order valence-electron chi connectivity index (χ1n) is 37.2. The van der Waals surface area contributed by atoms with E-state index < -0.39 is 29.1 Å².